The number of nitrogens with one attached hydrogen (secondary N) is 1. The van der Waals surface area contributed by atoms with Gasteiger partial charge in [0, 0.05) is 48.2 Å². The Bertz CT molecular complexity index is 1670. The number of amides is 2. The average molecular weight is 568 g/mol. The Balaban J connectivity index is 1.30. The van der Waals surface area contributed by atoms with Crippen LogP contribution in [0.5, 0.6) is 0 Å². The first-order valence-electron chi connectivity index (χ1n) is 15.8. The van der Waals surface area contributed by atoms with Gasteiger partial charge in [0.1, 0.15) is 11.3 Å². The molecule has 220 valence electrons. The van der Waals surface area contributed by atoms with Gasteiger partial charge in [-0.25, -0.2) is 9.50 Å². The summed E-state index contributed by atoms with van der Waals surface area (Å²) in [6.07, 6.45) is 11.5. The molecule has 4 bridgehead atoms. The van der Waals surface area contributed by atoms with Gasteiger partial charge in [0.05, 0.1) is 28.5 Å². The maximum absolute atomic E-state index is 13.6. The van der Waals surface area contributed by atoms with Gasteiger partial charge >= 0.3 is 0 Å². The molecule has 42 heavy (non-hydrogen) atoms. The van der Waals surface area contributed by atoms with Crippen LogP contribution in [0.1, 0.15) is 99.3 Å². The van der Waals surface area contributed by atoms with Crippen LogP contribution in [-0.4, -0.2) is 54.0 Å². The van der Waals surface area contributed by atoms with E-state index >= 15 is 0 Å². The zero-order valence-electron chi connectivity index (χ0n) is 24.7. The second-order valence-electron chi connectivity index (χ2n) is 12.5. The van der Waals surface area contributed by atoms with Crippen LogP contribution in [0.2, 0.25) is 0 Å². The van der Waals surface area contributed by atoms with Gasteiger partial charge in [-0.05, 0) is 75.8 Å². The fourth-order valence-corrected chi connectivity index (χ4v) is 7.56. The lowest BCUT2D eigenvalue weighted by atomic mass is 9.97. The Morgan fingerprint density at radius 1 is 1.10 bits per heavy atom. The summed E-state index contributed by atoms with van der Waals surface area (Å²) in [4.78, 5) is 33.2. The van der Waals surface area contributed by atoms with E-state index in [1.54, 1.807) is 0 Å². The summed E-state index contributed by atoms with van der Waals surface area (Å²) in [5.74, 6) is 0.153. The molecule has 9 heteroatoms. The van der Waals surface area contributed by atoms with Crippen molar-refractivity contribution in [2.45, 2.75) is 109 Å². The topological polar surface area (TPSA) is 111 Å². The van der Waals surface area contributed by atoms with Gasteiger partial charge in [0.25, 0.3) is 5.91 Å². The summed E-state index contributed by atoms with van der Waals surface area (Å²) >= 11 is 0. The average Bonchev–Trinajstić information content (AvgIpc) is 3.74. The number of fused-ring (bicyclic) bond motifs is 4. The SMILES string of the molecule is CCc1c(-c2cc3ccc4nc3n2CCCCCCCC(=O)N[C@@H]4C)nn2cc(C(=O)N3[C@H]4CC[C@@H]3[C@H](N)C4)ccc12. The molecule has 0 radical (unpaired) electrons. The first-order valence-corrected chi connectivity index (χ1v) is 15.8. The fraction of sp³-hybridized carbons (Fsp3) is 0.515. The minimum Gasteiger partial charge on any atom is -0.348 e. The number of nitrogens with zero attached hydrogens (tertiary/aromatic N) is 5. The Hall–Kier alpha value is -3.72. The molecule has 2 saturated heterocycles. The van der Waals surface area contributed by atoms with Crippen LogP contribution in [0.25, 0.3) is 27.9 Å². The Morgan fingerprint density at radius 3 is 2.71 bits per heavy atom. The van der Waals surface area contributed by atoms with Crippen molar-refractivity contribution in [2.24, 2.45) is 5.73 Å². The molecular formula is C33H41N7O2. The molecule has 0 aliphatic carbocycles. The van der Waals surface area contributed by atoms with Gasteiger partial charge < -0.3 is 20.5 Å². The fourth-order valence-electron chi connectivity index (χ4n) is 7.56. The van der Waals surface area contributed by atoms with E-state index in [1.165, 1.54) is 0 Å². The maximum Gasteiger partial charge on any atom is 0.255 e. The molecule has 0 unspecified atom stereocenters. The van der Waals surface area contributed by atoms with Gasteiger partial charge in [0.15, 0.2) is 0 Å². The van der Waals surface area contributed by atoms with E-state index in [1.807, 2.05) is 40.7 Å². The van der Waals surface area contributed by atoms with Crippen molar-refractivity contribution < 1.29 is 9.59 Å². The van der Waals surface area contributed by atoms with E-state index in [0.29, 0.717) is 12.0 Å². The molecule has 0 aromatic carbocycles. The maximum atomic E-state index is 13.6. The highest BCUT2D eigenvalue weighted by atomic mass is 16.2. The van der Waals surface area contributed by atoms with Gasteiger partial charge in [-0.15, -0.1) is 0 Å². The summed E-state index contributed by atoms with van der Waals surface area (Å²) in [6.45, 7) is 5.02. The second kappa shape index (κ2) is 10.8. The van der Waals surface area contributed by atoms with Crippen LogP contribution in [0.3, 0.4) is 0 Å². The van der Waals surface area contributed by atoms with Crippen molar-refractivity contribution >= 4 is 28.4 Å². The van der Waals surface area contributed by atoms with Crippen LogP contribution in [-0.2, 0) is 17.8 Å². The first-order chi connectivity index (χ1) is 20.4. The molecule has 4 aromatic rings. The van der Waals surface area contributed by atoms with E-state index in [2.05, 4.69) is 28.9 Å². The number of aryl methyl sites for hydroxylation is 2. The lowest BCUT2D eigenvalue weighted by Crippen LogP contribution is -2.40. The summed E-state index contributed by atoms with van der Waals surface area (Å²) in [5.41, 5.74) is 13.0. The molecule has 9 nitrogen and oxygen atoms in total. The predicted octanol–water partition coefficient (Wildman–Crippen LogP) is 5.15. The van der Waals surface area contributed by atoms with Crippen LogP contribution in [0.4, 0.5) is 0 Å². The van der Waals surface area contributed by atoms with Gasteiger partial charge in [-0.1, -0.05) is 26.2 Å². The Labute approximate surface area is 246 Å². The smallest absolute Gasteiger partial charge is 0.255 e. The lowest BCUT2D eigenvalue weighted by Gasteiger charge is -2.23. The standard InChI is InChI=1S/C33H41N7O2/c1-3-24-27-14-11-22(33(42)40-23-12-15-28(40)25(34)18-23)19-39(27)37-31(24)29-17-21-10-13-26-20(2)35-30(41)9-7-5-4-6-8-16-38(29)32(21)36-26/h10-11,13-14,17,19-20,23,25,28H,3-9,12,15-16,18,34H2,1-2H3,(H,35,41)/t20-,23+,25-,28-/m1/s1. The molecule has 7 heterocycles. The number of carbonyl (C=O) groups excluding carboxylic acids is 2. The van der Waals surface area contributed by atoms with E-state index in [9.17, 15) is 9.59 Å². The molecule has 2 amide bonds. The van der Waals surface area contributed by atoms with E-state index < -0.39 is 0 Å². The predicted molar refractivity (Wildman–Crippen MR) is 163 cm³/mol. The number of hydrogen-bond donors (Lipinski definition) is 2. The summed E-state index contributed by atoms with van der Waals surface area (Å²) < 4.78 is 4.21. The lowest BCUT2D eigenvalue weighted by molar-refractivity contribution is -0.121. The first kappa shape index (κ1) is 27.1. The summed E-state index contributed by atoms with van der Waals surface area (Å²) in [7, 11) is 0. The van der Waals surface area contributed by atoms with Crippen LogP contribution < -0.4 is 11.1 Å². The van der Waals surface area contributed by atoms with Crippen molar-refractivity contribution in [1.82, 2.24) is 29.4 Å². The molecule has 4 aromatic heterocycles. The molecule has 3 aliphatic heterocycles. The number of carbonyl (C=O) groups is 2. The van der Waals surface area contributed by atoms with Crippen molar-refractivity contribution in [3.05, 3.63) is 53.3 Å². The third-order valence-electron chi connectivity index (χ3n) is 9.77. The minimum atomic E-state index is -0.158. The number of nitrogens with two attached hydrogens (primary N) is 1. The molecule has 3 aliphatic rings. The van der Waals surface area contributed by atoms with Crippen molar-refractivity contribution in [2.75, 3.05) is 0 Å². The van der Waals surface area contributed by atoms with Gasteiger partial charge in [0.2, 0.25) is 5.91 Å². The highest BCUT2D eigenvalue weighted by molar-refractivity contribution is 5.95. The number of hydrogen-bond acceptors (Lipinski definition) is 5. The minimum absolute atomic E-state index is 0.0626. The molecule has 7 rings (SSSR count). The molecule has 0 saturated carbocycles. The molecule has 2 fully saturated rings. The zero-order chi connectivity index (χ0) is 29.0. The number of pyridine rings is 2. The van der Waals surface area contributed by atoms with Crippen LogP contribution >= 0.6 is 0 Å². The van der Waals surface area contributed by atoms with E-state index in [-0.39, 0.29) is 36.0 Å². The van der Waals surface area contributed by atoms with Gasteiger partial charge in [-0.3, -0.25) is 9.59 Å². The second-order valence-corrected chi connectivity index (χ2v) is 12.5. The highest BCUT2D eigenvalue weighted by Gasteiger charge is 2.47. The summed E-state index contributed by atoms with van der Waals surface area (Å²) in [5, 5.41) is 9.31. The monoisotopic (exact) mass is 567 g/mol. The van der Waals surface area contributed by atoms with Crippen molar-refractivity contribution in [3.8, 4) is 11.4 Å². The van der Waals surface area contributed by atoms with E-state index in [4.69, 9.17) is 15.8 Å². The molecule has 4 atom stereocenters. The molecule has 3 N–H and O–H groups in total. The van der Waals surface area contributed by atoms with E-state index in [0.717, 1.165) is 104 Å². The third kappa shape index (κ3) is 4.58. The molecular weight excluding hydrogens is 526 g/mol. The normalized spacial score (nSPS) is 24.9. The zero-order valence-corrected chi connectivity index (χ0v) is 24.7. The molecule has 0 spiro atoms. The Kier molecular flexibility index (Phi) is 7.00. The highest BCUT2D eigenvalue weighted by Crippen LogP contribution is 2.38. The Morgan fingerprint density at radius 2 is 1.93 bits per heavy atom. The van der Waals surface area contributed by atoms with Crippen LogP contribution in [0, 0.1) is 0 Å². The van der Waals surface area contributed by atoms with Crippen LogP contribution in [0.15, 0.2) is 36.5 Å². The number of aromatic nitrogens is 4. The van der Waals surface area contributed by atoms with Gasteiger partial charge in [-0.2, -0.15) is 5.10 Å². The quantitative estimate of drug-likeness (QED) is 0.356. The number of rotatable bonds is 3. The largest absolute Gasteiger partial charge is 0.348 e. The third-order valence-corrected chi connectivity index (χ3v) is 9.77. The summed E-state index contributed by atoms with van der Waals surface area (Å²) in [6, 6.07) is 10.7. The van der Waals surface area contributed by atoms with Crippen molar-refractivity contribution in [3.63, 3.8) is 0 Å². The van der Waals surface area contributed by atoms with Crippen molar-refractivity contribution in [1.29, 1.82) is 0 Å².